The van der Waals surface area contributed by atoms with Crippen LogP contribution in [0.15, 0.2) is 30.5 Å². The van der Waals surface area contributed by atoms with Gasteiger partial charge in [-0.3, -0.25) is 9.59 Å². The normalized spacial score (nSPS) is 12.4. The van der Waals surface area contributed by atoms with Crippen molar-refractivity contribution in [2.75, 3.05) is 7.11 Å². The molecule has 1 atom stereocenters. The number of carbonyl (C=O) groups is 2. The molecule has 0 fully saturated rings. The highest BCUT2D eigenvalue weighted by Gasteiger charge is 2.25. The number of ether oxygens (including phenoxy) is 1. The third kappa shape index (κ3) is 1.93. The van der Waals surface area contributed by atoms with E-state index in [1.54, 1.807) is 13.1 Å². The second kappa shape index (κ2) is 4.41. The highest BCUT2D eigenvalue weighted by atomic mass is 16.5. The first-order chi connectivity index (χ1) is 8.15. The smallest absolute Gasteiger partial charge is 0.316 e. The van der Waals surface area contributed by atoms with E-state index in [0.717, 1.165) is 10.9 Å². The molecule has 1 unspecified atom stereocenters. The fraction of sp³-hybridized carbons (Fsp3) is 0.231. The lowest BCUT2D eigenvalue weighted by Crippen LogP contribution is -2.22. The van der Waals surface area contributed by atoms with Crippen molar-refractivity contribution in [3.8, 4) is 0 Å². The van der Waals surface area contributed by atoms with Crippen LogP contribution in [0.3, 0.4) is 0 Å². The lowest BCUT2D eigenvalue weighted by atomic mass is 9.99. The number of H-pyrrole nitrogens is 1. The number of benzene rings is 1. The van der Waals surface area contributed by atoms with Gasteiger partial charge >= 0.3 is 5.97 Å². The topological polar surface area (TPSA) is 59.2 Å². The number of Topliss-reactive ketones (excluding diaryl/α,β-unsaturated/α-hetero) is 1. The molecule has 17 heavy (non-hydrogen) atoms. The molecule has 1 N–H and O–H groups in total. The Morgan fingerprint density at radius 3 is 2.71 bits per heavy atom. The van der Waals surface area contributed by atoms with E-state index >= 15 is 0 Å². The van der Waals surface area contributed by atoms with Gasteiger partial charge < -0.3 is 9.72 Å². The number of aromatic amines is 1. The predicted octanol–water partition coefficient (Wildman–Crippen LogP) is 2.16. The zero-order valence-corrected chi connectivity index (χ0v) is 9.69. The number of nitrogens with one attached hydrogen (secondary N) is 1. The maximum atomic E-state index is 12.1. The minimum atomic E-state index is -0.779. The van der Waals surface area contributed by atoms with Gasteiger partial charge in [-0.05, 0) is 13.0 Å². The van der Waals surface area contributed by atoms with Crippen LogP contribution in [-0.2, 0) is 9.53 Å². The molecule has 1 aromatic heterocycles. The van der Waals surface area contributed by atoms with E-state index in [1.165, 1.54) is 7.11 Å². The third-order valence-corrected chi connectivity index (χ3v) is 2.80. The number of aromatic nitrogens is 1. The van der Waals surface area contributed by atoms with Crippen LogP contribution in [0.5, 0.6) is 0 Å². The van der Waals surface area contributed by atoms with Gasteiger partial charge in [0.2, 0.25) is 0 Å². The number of para-hydroxylation sites is 1. The molecule has 0 spiro atoms. The van der Waals surface area contributed by atoms with Crippen molar-refractivity contribution < 1.29 is 14.3 Å². The Labute approximate surface area is 98.6 Å². The minimum Gasteiger partial charge on any atom is -0.468 e. The Hall–Kier alpha value is -2.10. The Bertz CT molecular complexity index is 571. The first-order valence-electron chi connectivity index (χ1n) is 5.33. The van der Waals surface area contributed by atoms with Crippen molar-refractivity contribution in [3.05, 3.63) is 36.0 Å². The van der Waals surface area contributed by atoms with Gasteiger partial charge in [0.15, 0.2) is 5.78 Å². The van der Waals surface area contributed by atoms with Gasteiger partial charge in [0.25, 0.3) is 0 Å². The number of ketones is 1. The van der Waals surface area contributed by atoms with Gasteiger partial charge in [0.1, 0.15) is 5.92 Å². The van der Waals surface area contributed by atoms with Crippen molar-refractivity contribution >= 4 is 22.7 Å². The summed E-state index contributed by atoms with van der Waals surface area (Å²) in [6.07, 6.45) is 1.63. The summed E-state index contributed by atoms with van der Waals surface area (Å²) in [5.74, 6) is -1.52. The van der Waals surface area contributed by atoms with Crippen molar-refractivity contribution in [2.24, 2.45) is 5.92 Å². The number of methoxy groups -OCH3 is 1. The number of hydrogen-bond acceptors (Lipinski definition) is 3. The Morgan fingerprint density at radius 2 is 2.00 bits per heavy atom. The van der Waals surface area contributed by atoms with Gasteiger partial charge in [-0.2, -0.15) is 0 Å². The monoisotopic (exact) mass is 231 g/mol. The van der Waals surface area contributed by atoms with Crippen molar-refractivity contribution in [3.63, 3.8) is 0 Å². The Balaban J connectivity index is 2.40. The van der Waals surface area contributed by atoms with Gasteiger partial charge in [-0.15, -0.1) is 0 Å². The molecule has 0 saturated heterocycles. The summed E-state index contributed by atoms with van der Waals surface area (Å²) >= 11 is 0. The predicted molar refractivity (Wildman–Crippen MR) is 63.8 cm³/mol. The van der Waals surface area contributed by atoms with Gasteiger partial charge in [0.05, 0.1) is 7.11 Å². The van der Waals surface area contributed by atoms with E-state index in [1.807, 2.05) is 24.3 Å². The molecule has 1 aromatic carbocycles. The molecule has 0 aliphatic rings. The van der Waals surface area contributed by atoms with Crippen LogP contribution in [-0.4, -0.2) is 23.8 Å². The molecule has 0 radical (unpaired) electrons. The second-order valence-electron chi connectivity index (χ2n) is 3.86. The molecule has 0 aliphatic heterocycles. The largest absolute Gasteiger partial charge is 0.468 e. The van der Waals surface area contributed by atoms with E-state index in [-0.39, 0.29) is 5.78 Å². The van der Waals surface area contributed by atoms with Crippen LogP contribution in [0, 0.1) is 5.92 Å². The summed E-state index contributed by atoms with van der Waals surface area (Å²) in [5, 5.41) is 0.827. The molecule has 2 aromatic rings. The Kier molecular flexibility index (Phi) is 2.95. The maximum absolute atomic E-state index is 12.1. The Morgan fingerprint density at radius 1 is 1.29 bits per heavy atom. The van der Waals surface area contributed by atoms with Crippen LogP contribution >= 0.6 is 0 Å². The molecular formula is C13H13NO3. The molecule has 0 amide bonds. The average molecular weight is 231 g/mol. The van der Waals surface area contributed by atoms with E-state index in [4.69, 9.17) is 0 Å². The van der Waals surface area contributed by atoms with Gasteiger partial charge in [0, 0.05) is 22.7 Å². The summed E-state index contributed by atoms with van der Waals surface area (Å²) in [6.45, 7) is 1.55. The van der Waals surface area contributed by atoms with Crippen molar-refractivity contribution in [2.45, 2.75) is 6.92 Å². The molecule has 0 saturated carbocycles. The van der Waals surface area contributed by atoms with Crippen LogP contribution in [0.1, 0.15) is 17.3 Å². The summed E-state index contributed by atoms with van der Waals surface area (Å²) < 4.78 is 4.57. The van der Waals surface area contributed by atoms with E-state index in [2.05, 4.69) is 9.72 Å². The van der Waals surface area contributed by atoms with Crippen molar-refractivity contribution in [1.82, 2.24) is 4.98 Å². The van der Waals surface area contributed by atoms with Crippen LogP contribution in [0.2, 0.25) is 0 Å². The fourth-order valence-electron chi connectivity index (χ4n) is 1.79. The summed E-state index contributed by atoms with van der Waals surface area (Å²) in [7, 11) is 1.28. The first-order valence-corrected chi connectivity index (χ1v) is 5.33. The molecule has 1 heterocycles. The molecule has 4 nitrogen and oxygen atoms in total. The summed E-state index contributed by atoms with van der Waals surface area (Å²) in [6, 6.07) is 7.48. The number of fused-ring (bicyclic) bond motifs is 1. The highest BCUT2D eigenvalue weighted by Crippen LogP contribution is 2.21. The van der Waals surface area contributed by atoms with Gasteiger partial charge in [-0.25, -0.2) is 0 Å². The van der Waals surface area contributed by atoms with E-state index in [9.17, 15) is 9.59 Å². The average Bonchev–Trinajstić information content (AvgIpc) is 2.79. The summed E-state index contributed by atoms with van der Waals surface area (Å²) in [5.41, 5.74) is 1.41. The molecular weight excluding hydrogens is 218 g/mol. The third-order valence-electron chi connectivity index (χ3n) is 2.80. The van der Waals surface area contributed by atoms with Gasteiger partial charge in [-0.1, -0.05) is 18.2 Å². The lowest BCUT2D eigenvalue weighted by molar-refractivity contribution is -0.143. The zero-order chi connectivity index (χ0) is 12.4. The van der Waals surface area contributed by atoms with E-state index < -0.39 is 11.9 Å². The highest BCUT2D eigenvalue weighted by molar-refractivity contribution is 6.14. The van der Waals surface area contributed by atoms with Crippen molar-refractivity contribution in [1.29, 1.82) is 0 Å². The second-order valence-corrected chi connectivity index (χ2v) is 3.86. The zero-order valence-electron chi connectivity index (χ0n) is 9.69. The fourth-order valence-corrected chi connectivity index (χ4v) is 1.79. The maximum Gasteiger partial charge on any atom is 0.316 e. The summed E-state index contributed by atoms with van der Waals surface area (Å²) in [4.78, 5) is 26.4. The number of hydrogen-bond donors (Lipinski definition) is 1. The van der Waals surface area contributed by atoms with Crippen LogP contribution in [0.4, 0.5) is 0 Å². The quantitative estimate of drug-likeness (QED) is 0.500. The molecule has 0 aliphatic carbocycles. The molecule has 88 valence electrons. The first kappa shape index (κ1) is 11.4. The molecule has 4 heteroatoms. The number of carbonyl (C=O) groups excluding carboxylic acids is 2. The molecule has 2 rings (SSSR count). The standard InChI is InChI=1S/C13H13NO3/c1-8(13(16)17-2)12(15)10-7-14-11-6-4-3-5-9(10)11/h3-8,14H,1-2H3. The van der Waals surface area contributed by atoms with Crippen LogP contribution in [0.25, 0.3) is 10.9 Å². The number of rotatable bonds is 3. The van der Waals surface area contributed by atoms with E-state index in [0.29, 0.717) is 5.56 Å². The van der Waals surface area contributed by atoms with Crippen LogP contribution < -0.4 is 0 Å². The lowest BCUT2D eigenvalue weighted by Gasteiger charge is -2.06. The SMILES string of the molecule is COC(=O)C(C)C(=O)c1c[nH]c2ccccc12. The molecule has 0 bridgehead atoms. The minimum absolute atomic E-state index is 0.227. The number of esters is 1.